The predicted octanol–water partition coefficient (Wildman–Crippen LogP) is 5.84. The summed E-state index contributed by atoms with van der Waals surface area (Å²) in [4.78, 5) is 31.1. The average molecular weight is 516 g/mol. The van der Waals surface area contributed by atoms with Gasteiger partial charge < -0.3 is 14.3 Å². The summed E-state index contributed by atoms with van der Waals surface area (Å²) in [6.45, 7) is 0.474. The van der Waals surface area contributed by atoms with Crippen molar-refractivity contribution in [3.63, 3.8) is 0 Å². The molecule has 0 radical (unpaired) electrons. The smallest absolute Gasteiger partial charge is 0.363 e. The van der Waals surface area contributed by atoms with E-state index in [-0.39, 0.29) is 24.6 Å². The van der Waals surface area contributed by atoms with Gasteiger partial charge in [-0.05, 0) is 67.8 Å². The van der Waals surface area contributed by atoms with Crippen molar-refractivity contribution in [2.45, 2.75) is 44.3 Å². The van der Waals surface area contributed by atoms with Crippen molar-refractivity contribution in [3.05, 3.63) is 102 Å². The summed E-state index contributed by atoms with van der Waals surface area (Å²) in [5, 5.41) is 1.06. The highest BCUT2D eigenvalue weighted by molar-refractivity contribution is 5.96. The van der Waals surface area contributed by atoms with E-state index in [0.717, 1.165) is 30.7 Å². The maximum atomic E-state index is 13.1. The Balaban J connectivity index is 1.34. The fourth-order valence-corrected chi connectivity index (χ4v) is 4.00. The number of hydrogen-bond donors (Lipinski definition) is 0. The highest BCUT2D eigenvalue weighted by Gasteiger charge is 2.22. The molecule has 3 aromatic rings. The van der Waals surface area contributed by atoms with Crippen LogP contribution in [0.25, 0.3) is 0 Å². The Morgan fingerprint density at radius 2 is 1.55 bits per heavy atom. The van der Waals surface area contributed by atoms with E-state index in [1.165, 1.54) is 12.1 Å². The van der Waals surface area contributed by atoms with Crippen molar-refractivity contribution in [2.24, 2.45) is 0 Å². The van der Waals surface area contributed by atoms with Gasteiger partial charge in [0, 0.05) is 12.0 Å². The number of hydrogen-bond acceptors (Lipinski definition) is 5. The number of carbonyl (C=O) groups excluding carboxylic acids is 2. The molecule has 6 nitrogen and oxygen atoms in total. The molecule has 7 heteroatoms. The zero-order chi connectivity index (χ0) is 26.6. The standard InChI is InChI=1S/C31H30FNO5/c32-26-18-20-27(21-19-26)36-23-29-17-8-7-15-28(37-29)16-9-10-22-33(30(34)24-11-3-1-4-12-24)38-31(35)25-13-5-2-6-14-25/h1-6,11-14,18-21,28-29H,7-8,10,15,17,22-23H2. The fraction of sp³-hybridized carbons (Fsp3) is 0.290. The molecule has 2 unspecified atom stereocenters. The number of hydroxylamine groups is 2. The lowest BCUT2D eigenvalue weighted by molar-refractivity contribution is -0.0803. The van der Waals surface area contributed by atoms with Crippen molar-refractivity contribution in [2.75, 3.05) is 13.2 Å². The number of benzene rings is 3. The molecule has 0 saturated carbocycles. The normalized spacial score (nSPS) is 16.9. The lowest BCUT2D eigenvalue weighted by atomic mass is 10.1. The van der Waals surface area contributed by atoms with Crippen molar-refractivity contribution in [1.29, 1.82) is 0 Å². The van der Waals surface area contributed by atoms with E-state index in [9.17, 15) is 14.0 Å². The molecular formula is C31H30FNO5. The molecule has 0 aliphatic carbocycles. The third kappa shape index (κ3) is 8.19. The largest absolute Gasteiger partial charge is 0.491 e. The summed E-state index contributed by atoms with van der Waals surface area (Å²) in [6.07, 6.45) is 3.57. The number of nitrogens with zero attached hydrogens (tertiary/aromatic N) is 1. The molecule has 1 fully saturated rings. The molecule has 4 rings (SSSR count). The van der Waals surface area contributed by atoms with Gasteiger partial charge in [-0.3, -0.25) is 4.79 Å². The van der Waals surface area contributed by atoms with Gasteiger partial charge in [-0.2, -0.15) is 5.06 Å². The lowest BCUT2D eigenvalue weighted by Crippen LogP contribution is -2.34. The quantitative estimate of drug-likeness (QED) is 0.292. The van der Waals surface area contributed by atoms with Crippen molar-refractivity contribution >= 4 is 11.9 Å². The minimum Gasteiger partial charge on any atom is -0.491 e. The second kappa shape index (κ2) is 14.0. The molecule has 1 heterocycles. The van der Waals surface area contributed by atoms with Crippen LogP contribution >= 0.6 is 0 Å². The van der Waals surface area contributed by atoms with Gasteiger partial charge in [0.15, 0.2) is 0 Å². The van der Waals surface area contributed by atoms with Crippen LogP contribution in [0.3, 0.4) is 0 Å². The summed E-state index contributed by atoms with van der Waals surface area (Å²) < 4.78 is 25.0. The molecule has 0 aromatic heterocycles. The van der Waals surface area contributed by atoms with Crippen LogP contribution in [0, 0.1) is 17.7 Å². The molecule has 0 spiro atoms. The first-order valence-corrected chi connectivity index (χ1v) is 12.7. The van der Waals surface area contributed by atoms with Gasteiger partial charge in [-0.1, -0.05) is 54.7 Å². The zero-order valence-electron chi connectivity index (χ0n) is 21.1. The Morgan fingerprint density at radius 1 is 0.895 bits per heavy atom. The number of ether oxygens (including phenoxy) is 2. The lowest BCUT2D eigenvalue weighted by Gasteiger charge is -2.20. The van der Waals surface area contributed by atoms with Gasteiger partial charge in [-0.25, -0.2) is 9.18 Å². The molecule has 1 aliphatic rings. The Bertz CT molecular complexity index is 1240. The third-order valence-corrected chi connectivity index (χ3v) is 6.00. The number of rotatable bonds is 7. The van der Waals surface area contributed by atoms with E-state index in [0.29, 0.717) is 29.9 Å². The predicted molar refractivity (Wildman–Crippen MR) is 141 cm³/mol. The van der Waals surface area contributed by atoms with E-state index in [1.807, 2.05) is 6.07 Å². The van der Waals surface area contributed by atoms with Crippen LogP contribution in [0.15, 0.2) is 84.9 Å². The monoisotopic (exact) mass is 515 g/mol. The summed E-state index contributed by atoms with van der Waals surface area (Å²) in [5.41, 5.74) is 0.766. The second-order valence-electron chi connectivity index (χ2n) is 8.89. The maximum absolute atomic E-state index is 13.1. The molecule has 0 bridgehead atoms. The van der Waals surface area contributed by atoms with Gasteiger partial charge >= 0.3 is 5.97 Å². The Labute approximate surface area is 222 Å². The Kier molecular flexibility index (Phi) is 9.89. The van der Waals surface area contributed by atoms with Crippen LogP contribution in [0.2, 0.25) is 0 Å². The molecule has 0 N–H and O–H groups in total. The van der Waals surface area contributed by atoms with E-state index < -0.39 is 11.9 Å². The SMILES string of the molecule is O=C(ON(CCC#CC1CCCCC(COc2ccc(F)cc2)O1)C(=O)c1ccccc1)c1ccccc1. The van der Waals surface area contributed by atoms with Crippen LogP contribution in [0.1, 0.15) is 52.8 Å². The average Bonchev–Trinajstić information content (AvgIpc) is 3.20. The van der Waals surface area contributed by atoms with Crippen LogP contribution in [0.4, 0.5) is 4.39 Å². The molecule has 3 aromatic carbocycles. The molecule has 2 atom stereocenters. The first-order chi connectivity index (χ1) is 18.6. The Hall–Kier alpha value is -4.15. The van der Waals surface area contributed by atoms with Crippen molar-refractivity contribution < 1.29 is 28.3 Å². The van der Waals surface area contributed by atoms with Crippen molar-refractivity contribution in [3.8, 4) is 17.6 Å². The second-order valence-corrected chi connectivity index (χ2v) is 8.89. The van der Waals surface area contributed by atoms with Crippen LogP contribution in [-0.4, -0.2) is 42.3 Å². The minimum atomic E-state index is -0.612. The highest BCUT2D eigenvalue weighted by Crippen LogP contribution is 2.20. The number of amides is 1. The van der Waals surface area contributed by atoms with E-state index >= 15 is 0 Å². The van der Waals surface area contributed by atoms with E-state index in [2.05, 4.69) is 11.8 Å². The van der Waals surface area contributed by atoms with Crippen LogP contribution in [0.5, 0.6) is 5.75 Å². The van der Waals surface area contributed by atoms with Gasteiger partial charge in [0.25, 0.3) is 5.91 Å². The summed E-state index contributed by atoms with van der Waals surface area (Å²) in [5.74, 6) is 5.51. The fourth-order valence-electron chi connectivity index (χ4n) is 4.00. The molecular weight excluding hydrogens is 485 g/mol. The summed E-state index contributed by atoms with van der Waals surface area (Å²) in [7, 11) is 0. The number of carbonyl (C=O) groups is 2. The van der Waals surface area contributed by atoms with Gasteiger partial charge in [0.2, 0.25) is 0 Å². The van der Waals surface area contributed by atoms with Gasteiger partial charge in [-0.15, -0.1) is 0 Å². The topological polar surface area (TPSA) is 65.1 Å². The number of halogens is 1. The van der Waals surface area contributed by atoms with Gasteiger partial charge in [0.05, 0.1) is 18.2 Å². The highest BCUT2D eigenvalue weighted by atomic mass is 19.1. The van der Waals surface area contributed by atoms with E-state index in [1.54, 1.807) is 66.7 Å². The molecule has 1 aliphatic heterocycles. The zero-order valence-corrected chi connectivity index (χ0v) is 21.1. The van der Waals surface area contributed by atoms with Gasteiger partial charge in [0.1, 0.15) is 24.3 Å². The molecule has 1 saturated heterocycles. The van der Waals surface area contributed by atoms with E-state index in [4.69, 9.17) is 14.3 Å². The molecule has 196 valence electrons. The first kappa shape index (κ1) is 26.9. The Morgan fingerprint density at radius 3 is 2.26 bits per heavy atom. The first-order valence-electron chi connectivity index (χ1n) is 12.7. The summed E-state index contributed by atoms with van der Waals surface area (Å²) in [6, 6.07) is 23.1. The molecule has 1 amide bonds. The van der Waals surface area contributed by atoms with Crippen LogP contribution in [-0.2, 0) is 9.57 Å². The minimum absolute atomic E-state index is 0.114. The maximum Gasteiger partial charge on any atom is 0.363 e. The van der Waals surface area contributed by atoms with Crippen molar-refractivity contribution in [1.82, 2.24) is 5.06 Å². The van der Waals surface area contributed by atoms with Crippen LogP contribution < -0.4 is 4.74 Å². The molecule has 38 heavy (non-hydrogen) atoms. The summed E-state index contributed by atoms with van der Waals surface area (Å²) >= 11 is 0. The third-order valence-electron chi connectivity index (χ3n) is 6.00.